The van der Waals surface area contributed by atoms with Crippen LogP contribution in [0.3, 0.4) is 0 Å². The molecule has 1 unspecified atom stereocenters. The molecule has 1 aromatic rings. The fraction of sp³-hybridized carbons (Fsp3) is 0.692. The lowest BCUT2D eigenvalue weighted by molar-refractivity contribution is 0.0979. The van der Waals surface area contributed by atoms with Crippen molar-refractivity contribution < 1.29 is 13.2 Å². The van der Waals surface area contributed by atoms with E-state index in [1.54, 1.807) is 7.05 Å². The van der Waals surface area contributed by atoms with Gasteiger partial charge in [-0.3, -0.25) is 0 Å². The van der Waals surface area contributed by atoms with E-state index in [9.17, 15) is 8.42 Å². The molecule has 1 aliphatic rings. The predicted molar refractivity (Wildman–Crippen MR) is 79.6 cm³/mol. The van der Waals surface area contributed by atoms with Crippen molar-refractivity contribution in [2.45, 2.75) is 37.2 Å². The van der Waals surface area contributed by atoms with E-state index in [-0.39, 0.29) is 11.0 Å². The number of hydrogen-bond donors (Lipinski definition) is 1. The highest BCUT2D eigenvalue weighted by molar-refractivity contribution is 7.89. The molecule has 1 aliphatic heterocycles. The van der Waals surface area contributed by atoms with Gasteiger partial charge < -0.3 is 10.1 Å². The largest absolute Gasteiger partial charge is 0.377 e. The van der Waals surface area contributed by atoms with Gasteiger partial charge in [-0.15, -0.1) is 0 Å². The molecule has 8 heteroatoms. The molecule has 0 saturated carbocycles. The second kappa shape index (κ2) is 7.15. The summed E-state index contributed by atoms with van der Waals surface area (Å²) in [6.07, 6.45) is 5.50. The van der Waals surface area contributed by atoms with Crippen molar-refractivity contribution in [2.75, 3.05) is 32.1 Å². The Bertz CT molecular complexity index is 541. The summed E-state index contributed by atoms with van der Waals surface area (Å²) in [6, 6.07) is 0. The number of rotatable bonds is 7. The molecule has 1 atom stereocenters. The average molecular weight is 314 g/mol. The topological polar surface area (TPSA) is 84.4 Å². The van der Waals surface area contributed by atoms with Gasteiger partial charge in [0.1, 0.15) is 4.90 Å². The van der Waals surface area contributed by atoms with Gasteiger partial charge in [0.2, 0.25) is 16.0 Å². The molecule has 0 aromatic carbocycles. The number of nitrogens with zero attached hydrogens (tertiary/aromatic N) is 3. The van der Waals surface area contributed by atoms with E-state index in [2.05, 4.69) is 15.3 Å². The van der Waals surface area contributed by atoms with Crippen molar-refractivity contribution >= 4 is 16.0 Å². The van der Waals surface area contributed by atoms with Crippen LogP contribution in [0.4, 0.5) is 5.95 Å². The Labute approximate surface area is 125 Å². The van der Waals surface area contributed by atoms with Crippen LogP contribution in [0.25, 0.3) is 0 Å². The minimum atomic E-state index is -3.56. The molecule has 21 heavy (non-hydrogen) atoms. The fourth-order valence-electron chi connectivity index (χ4n) is 2.13. The molecule has 1 saturated heterocycles. The third kappa shape index (κ3) is 4.12. The molecular formula is C13H22N4O3S. The van der Waals surface area contributed by atoms with E-state index in [0.717, 1.165) is 25.8 Å². The zero-order valence-corrected chi connectivity index (χ0v) is 13.3. The minimum absolute atomic E-state index is 0.0174. The number of ether oxygens (including phenoxy) is 1. The summed E-state index contributed by atoms with van der Waals surface area (Å²) in [6.45, 7) is 3.86. The Hall–Kier alpha value is -1.25. The smallest absolute Gasteiger partial charge is 0.245 e. The molecule has 1 N–H and O–H groups in total. The van der Waals surface area contributed by atoms with Gasteiger partial charge in [0.05, 0.1) is 18.5 Å². The van der Waals surface area contributed by atoms with E-state index in [1.165, 1.54) is 16.7 Å². The highest BCUT2D eigenvalue weighted by atomic mass is 32.2. The van der Waals surface area contributed by atoms with E-state index in [0.29, 0.717) is 19.1 Å². The van der Waals surface area contributed by atoms with E-state index in [4.69, 9.17) is 4.74 Å². The van der Waals surface area contributed by atoms with Crippen LogP contribution >= 0.6 is 0 Å². The Morgan fingerprint density at radius 1 is 1.43 bits per heavy atom. The third-order valence-electron chi connectivity index (χ3n) is 3.35. The van der Waals surface area contributed by atoms with Gasteiger partial charge in [0.15, 0.2) is 0 Å². The first-order valence-corrected chi connectivity index (χ1v) is 8.62. The lowest BCUT2D eigenvalue weighted by atomic mass is 10.2. The first-order chi connectivity index (χ1) is 10.0. The van der Waals surface area contributed by atoms with Gasteiger partial charge in [-0.1, -0.05) is 6.92 Å². The van der Waals surface area contributed by atoms with Crippen LogP contribution in [-0.4, -0.2) is 55.5 Å². The molecular weight excluding hydrogens is 292 g/mol. The molecule has 1 aromatic heterocycles. The first-order valence-electron chi connectivity index (χ1n) is 7.18. The van der Waals surface area contributed by atoms with Gasteiger partial charge >= 0.3 is 0 Å². The van der Waals surface area contributed by atoms with Crippen LogP contribution in [0.15, 0.2) is 17.3 Å². The molecule has 0 radical (unpaired) electrons. The first kappa shape index (κ1) is 16.1. The normalized spacial score (nSPS) is 19.1. The highest BCUT2D eigenvalue weighted by Gasteiger charge is 2.26. The van der Waals surface area contributed by atoms with Crippen LogP contribution < -0.4 is 5.32 Å². The van der Waals surface area contributed by atoms with Crippen molar-refractivity contribution in [1.82, 2.24) is 14.3 Å². The van der Waals surface area contributed by atoms with Crippen molar-refractivity contribution in [1.29, 1.82) is 0 Å². The molecule has 7 nitrogen and oxygen atoms in total. The van der Waals surface area contributed by atoms with Crippen molar-refractivity contribution in [3.05, 3.63) is 12.4 Å². The zero-order chi connectivity index (χ0) is 15.3. The van der Waals surface area contributed by atoms with Crippen LogP contribution in [-0.2, 0) is 14.8 Å². The Kier molecular flexibility index (Phi) is 5.49. The summed E-state index contributed by atoms with van der Waals surface area (Å²) in [5, 5.41) is 3.01. The summed E-state index contributed by atoms with van der Waals surface area (Å²) in [5.74, 6) is 0.442. The summed E-state index contributed by atoms with van der Waals surface area (Å²) in [5.41, 5.74) is 0. The number of nitrogens with one attached hydrogen (secondary N) is 1. The Morgan fingerprint density at radius 2 is 2.14 bits per heavy atom. The van der Waals surface area contributed by atoms with Crippen molar-refractivity contribution in [3.8, 4) is 0 Å². The van der Waals surface area contributed by atoms with Crippen molar-refractivity contribution in [3.63, 3.8) is 0 Å². The standard InChI is InChI=1S/C13H22N4O3S/c1-3-6-14-13-15-8-12(9-16-13)21(18,19)17(2)10-11-5-4-7-20-11/h8-9,11H,3-7,10H2,1-2H3,(H,14,15,16). The van der Waals surface area contributed by atoms with E-state index < -0.39 is 10.0 Å². The second-order valence-electron chi connectivity index (χ2n) is 5.09. The number of likely N-dealkylation sites (N-methyl/N-ethyl adjacent to an activating group) is 1. The summed E-state index contributed by atoms with van der Waals surface area (Å²) in [7, 11) is -2.01. The van der Waals surface area contributed by atoms with E-state index >= 15 is 0 Å². The summed E-state index contributed by atoms with van der Waals surface area (Å²) < 4.78 is 31.6. The number of hydrogen-bond acceptors (Lipinski definition) is 6. The maximum absolute atomic E-state index is 12.4. The summed E-state index contributed by atoms with van der Waals surface area (Å²) >= 11 is 0. The molecule has 1 fully saturated rings. The molecule has 0 bridgehead atoms. The number of aromatic nitrogens is 2. The van der Waals surface area contributed by atoms with Gasteiger partial charge in [-0.25, -0.2) is 18.4 Å². The van der Waals surface area contributed by atoms with Gasteiger partial charge in [-0.05, 0) is 19.3 Å². The third-order valence-corrected chi connectivity index (χ3v) is 5.13. The molecule has 0 aliphatic carbocycles. The Morgan fingerprint density at radius 3 is 2.71 bits per heavy atom. The van der Waals surface area contributed by atoms with E-state index in [1.807, 2.05) is 6.92 Å². The van der Waals surface area contributed by atoms with Gasteiger partial charge in [0, 0.05) is 26.7 Å². The van der Waals surface area contributed by atoms with Crippen LogP contribution in [0.1, 0.15) is 26.2 Å². The quantitative estimate of drug-likeness (QED) is 0.811. The maximum Gasteiger partial charge on any atom is 0.245 e. The van der Waals surface area contributed by atoms with Gasteiger partial charge in [-0.2, -0.15) is 4.31 Å². The molecule has 0 spiro atoms. The number of sulfonamides is 1. The predicted octanol–water partition coefficient (Wildman–Crippen LogP) is 1.10. The zero-order valence-electron chi connectivity index (χ0n) is 12.4. The Balaban J connectivity index is 2.03. The molecule has 118 valence electrons. The SMILES string of the molecule is CCCNc1ncc(S(=O)(=O)N(C)CC2CCCO2)cn1. The molecule has 0 amide bonds. The monoisotopic (exact) mass is 314 g/mol. The molecule has 2 heterocycles. The van der Waals surface area contributed by atoms with Crippen LogP contribution in [0, 0.1) is 0 Å². The minimum Gasteiger partial charge on any atom is -0.377 e. The fourth-order valence-corrected chi connectivity index (χ4v) is 3.22. The van der Waals surface area contributed by atoms with Crippen LogP contribution in [0.5, 0.6) is 0 Å². The van der Waals surface area contributed by atoms with Crippen LogP contribution in [0.2, 0.25) is 0 Å². The molecule has 2 rings (SSSR count). The maximum atomic E-state index is 12.4. The highest BCUT2D eigenvalue weighted by Crippen LogP contribution is 2.18. The number of anilines is 1. The van der Waals surface area contributed by atoms with Gasteiger partial charge in [0.25, 0.3) is 0 Å². The second-order valence-corrected chi connectivity index (χ2v) is 7.13. The lowest BCUT2D eigenvalue weighted by Crippen LogP contribution is -2.34. The summed E-state index contributed by atoms with van der Waals surface area (Å²) in [4.78, 5) is 8.18. The lowest BCUT2D eigenvalue weighted by Gasteiger charge is -2.20. The van der Waals surface area contributed by atoms with Crippen molar-refractivity contribution in [2.24, 2.45) is 0 Å². The average Bonchev–Trinajstić information content (AvgIpc) is 2.98.